The van der Waals surface area contributed by atoms with Crippen molar-refractivity contribution in [3.8, 4) is 11.1 Å². The van der Waals surface area contributed by atoms with Gasteiger partial charge < -0.3 is 14.6 Å². The third kappa shape index (κ3) is 3.22. The predicted octanol–water partition coefficient (Wildman–Crippen LogP) is 2.16. The molecule has 3 heterocycles. The first kappa shape index (κ1) is 17.1. The van der Waals surface area contributed by atoms with Gasteiger partial charge in [0.15, 0.2) is 0 Å². The highest BCUT2D eigenvalue weighted by Gasteiger charge is 2.51. The minimum atomic E-state index is -0.407. The summed E-state index contributed by atoms with van der Waals surface area (Å²) >= 11 is 0. The Morgan fingerprint density at radius 3 is 2.12 bits per heavy atom. The van der Waals surface area contributed by atoms with Gasteiger partial charge in [0.05, 0.1) is 11.2 Å². The van der Waals surface area contributed by atoms with Crippen LogP contribution in [0.1, 0.15) is 33.3 Å². The molecule has 2 aromatic heterocycles. The number of nitrogens with one attached hydrogen (secondary N) is 1. The van der Waals surface area contributed by atoms with Crippen LogP contribution in [0, 0.1) is 0 Å². The van der Waals surface area contributed by atoms with Crippen LogP contribution in [0.3, 0.4) is 0 Å². The Labute approximate surface area is 144 Å². The quantitative estimate of drug-likeness (QED) is 0.873. The van der Waals surface area contributed by atoms with Gasteiger partial charge in [0.25, 0.3) is 0 Å². The monoisotopic (exact) mass is 325 g/mol. The fraction of sp³-hybridized carbons (Fsp3) is 0.444. The van der Waals surface area contributed by atoms with E-state index < -0.39 is 7.12 Å². The molecule has 126 valence electrons. The Morgan fingerprint density at radius 2 is 1.50 bits per heavy atom. The Balaban J connectivity index is 1.89. The molecule has 3 rings (SSSR count). The second kappa shape index (κ2) is 6.28. The number of hydrogen-bond acceptors (Lipinski definition) is 5. The summed E-state index contributed by atoms with van der Waals surface area (Å²) < 4.78 is 12.2. The minimum Gasteiger partial charge on any atom is -0.399 e. The molecule has 0 unspecified atom stereocenters. The third-order valence-corrected chi connectivity index (χ3v) is 4.79. The summed E-state index contributed by atoms with van der Waals surface area (Å²) in [7, 11) is 1.52. The zero-order chi connectivity index (χ0) is 17.4. The molecule has 0 aromatic carbocycles. The Morgan fingerprint density at radius 1 is 0.917 bits per heavy atom. The lowest BCUT2D eigenvalue weighted by Gasteiger charge is -2.32. The van der Waals surface area contributed by atoms with E-state index in [1.165, 1.54) is 0 Å². The molecular weight excluding hydrogens is 301 g/mol. The predicted molar refractivity (Wildman–Crippen MR) is 95.9 cm³/mol. The van der Waals surface area contributed by atoms with Crippen LogP contribution in [0.25, 0.3) is 11.1 Å². The van der Waals surface area contributed by atoms with Gasteiger partial charge in [0.1, 0.15) is 0 Å². The van der Waals surface area contributed by atoms with Gasteiger partial charge in [-0.15, -0.1) is 0 Å². The fourth-order valence-electron chi connectivity index (χ4n) is 2.67. The maximum Gasteiger partial charge on any atom is 0.496 e. The molecule has 0 atom stereocenters. The van der Waals surface area contributed by atoms with Gasteiger partial charge >= 0.3 is 7.12 Å². The van der Waals surface area contributed by atoms with Gasteiger partial charge in [-0.2, -0.15) is 0 Å². The first-order valence-corrected chi connectivity index (χ1v) is 8.22. The largest absolute Gasteiger partial charge is 0.496 e. The van der Waals surface area contributed by atoms with Crippen molar-refractivity contribution in [1.82, 2.24) is 15.3 Å². The highest BCUT2D eigenvalue weighted by Crippen LogP contribution is 2.36. The molecule has 0 amide bonds. The van der Waals surface area contributed by atoms with Crippen molar-refractivity contribution in [3.63, 3.8) is 0 Å². The van der Waals surface area contributed by atoms with Gasteiger partial charge in [-0.1, -0.05) is 6.07 Å². The van der Waals surface area contributed by atoms with Crippen LogP contribution in [0.15, 0.2) is 36.9 Å². The second-order valence-electron chi connectivity index (χ2n) is 7.21. The highest BCUT2D eigenvalue weighted by molar-refractivity contribution is 6.62. The van der Waals surface area contributed by atoms with Crippen molar-refractivity contribution in [2.45, 2.75) is 45.4 Å². The lowest BCUT2D eigenvalue weighted by Crippen LogP contribution is -2.41. The first-order valence-electron chi connectivity index (χ1n) is 8.22. The standard InChI is InChI=1S/C18H24BN3O2/c1-17(2)18(3,4)24-19(23-17)16-7-15(11-22-12-16)14-6-13(8-20-5)9-21-10-14/h6-7,9-12,20H,8H2,1-5H3. The molecule has 1 aliphatic heterocycles. The topological polar surface area (TPSA) is 56.3 Å². The smallest absolute Gasteiger partial charge is 0.399 e. The van der Waals surface area contributed by atoms with E-state index in [9.17, 15) is 0 Å². The van der Waals surface area contributed by atoms with Crippen molar-refractivity contribution >= 4 is 12.6 Å². The lowest BCUT2D eigenvalue weighted by atomic mass is 9.79. The molecule has 6 heteroatoms. The minimum absolute atomic E-state index is 0.359. The van der Waals surface area contributed by atoms with Crippen LogP contribution in [0.4, 0.5) is 0 Å². The summed E-state index contributed by atoms with van der Waals surface area (Å²) in [6.45, 7) is 8.99. The summed E-state index contributed by atoms with van der Waals surface area (Å²) in [6.07, 6.45) is 7.36. The number of rotatable bonds is 4. The number of aromatic nitrogens is 2. The van der Waals surface area contributed by atoms with Crippen molar-refractivity contribution < 1.29 is 9.31 Å². The van der Waals surface area contributed by atoms with E-state index in [1.807, 2.05) is 25.6 Å². The molecule has 0 aliphatic carbocycles. The SMILES string of the molecule is CNCc1cncc(-c2cncc(B3OC(C)(C)C(C)(C)O3)c2)c1. The van der Waals surface area contributed by atoms with Crippen LogP contribution >= 0.6 is 0 Å². The van der Waals surface area contributed by atoms with Gasteiger partial charge in [-0.05, 0) is 46.4 Å². The third-order valence-electron chi connectivity index (χ3n) is 4.79. The molecule has 1 N–H and O–H groups in total. The van der Waals surface area contributed by atoms with Crippen LogP contribution in [-0.4, -0.2) is 35.3 Å². The van der Waals surface area contributed by atoms with Gasteiger partial charge in [-0.3, -0.25) is 9.97 Å². The van der Waals surface area contributed by atoms with Crippen molar-refractivity contribution in [3.05, 3.63) is 42.5 Å². The van der Waals surface area contributed by atoms with E-state index in [1.54, 1.807) is 6.20 Å². The Kier molecular flexibility index (Phi) is 4.47. The molecule has 0 radical (unpaired) electrons. The summed E-state index contributed by atoms with van der Waals surface area (Å²) in [5, 5.41) is 3.14. The average Bonchev–Trinajstić information content (AvgIpc) is 2.76. The van der Waals surface area contributed by atoms with E-state index in [0.717, 1.165) is 28.7 Å². The molecule has 1 saturated heterocycles. The summed E-state index contributed by atoms with van der Waals surface area (Å²) in [4.78, 5) is 8.70. The number of hydrogen-bond donors (Lipinski definition) is 1. The Hall–Kier alpha value is -1.76. The van der Waals surface area contributed by atoms with Gasteiger partial charge in [-0.25, -0.2) is 0 Å². The summed E-state index contributed by atoms with van der Waals surface area (Å²) in [6, 6.07) is 4.18. The molecular formula is C18H24BN3O2. The molecule has 5 nitrogen and oxygen atoms in total. The molecule has 2 aromatic rings. The van der Waals surface area contributed by atoms with Crippen molar-refractivity contribution in [2.75, 3.05) is 7.05 Å². The molecule has 0 saturated carbocycles. The molecule has 0 bridgehead atoms. The van der Waals surface area contributed by atoms with Crippen LogP contribution in [0.5, 0.6) is 0 Å². The highest BCUT2D eigenvalue weighted by atomic mass is 16.7. The summed E-state index contributed by atoms with van der Waals surface area (Å²) in [5.41, 5.74) is 3.38. The van der Waals surface area contributed by atoms with Crippen LogP contribution in [0.2, 0.25) is 0 Å². The zero-order valence-electron chi connectivity index (χ0n) is 15.0. The van der Waals surface area contributed by atoms with E-state index in [2.05, 4.69) is 55.1 Å². The van der Waals surface area contributed by atoms with Crippen LogP contribution in [-0.2, 0) is 15.9 Å². The zero-order valence-corrected chi connectivity index (χ0v) is 15.0. The van der Waals surface area contributed by atoms with Crippen LogP contribution < -0.4 is 10.8 Å². The lowest BCUT2D eigenvalue weighted by molar-refractivity contribution is 0.00578. The van der Waals surface area contributed by atoms with Gasteiger partial charge in [0, 0.05) is 47.9 Å². The van der Waals surface area contributed by atoms with Gasteiger partial charge in [0.2, 0.25) is 0 Å². The molecule has 0 spiro atoms. The fourth-order valence-corrected chi connectivity index (χ4v) is 2.67. The first-order chi connectivity index (χ1) is 11.3. The normalized spacial score (nSPS) is 18.8. The average molecular weight is 325 g/mol. The van der Waals surface area contributed by atoms with Crippen molar-refractivity contribution in [2.24, 2.45) is 0 Å². The maximum absolute atomic E-state index is 6.12. The summed E-state index contributed by atoms with van der Waals surface area (Å²) in [5.74, 6) is 0. The number of pyridine rings is 2. The Bertz CT molecular complexity index is 718. The van der Waals surface area contributed by atoms with E-state index in [4.69, 9.17) is 9.31 Å². The maximum atomic E-state index is 6.12. The van der Waals surface area contributed by atoms with Crippen molar-refractivity contribution in [1.29, 1.82) is 0 Å². The molecule has 1 fully saturated rings. The van der Waals surface area contributed by atoms with E-state index >= 15 is 0 Å². The molecule has 24 heavy (non-hydrogen) atoms. The van der Waals surface area contributed by atoms with E-state index in [-0.39, 0.29) is 11.2 Å². The van der Waals surface area contributed by atoms with E-state index in [0.29, 0.717) is 0 Å². The molecule has 1 aliphatic rings. The second-order valence-corrected chi connectivity index (χ2v) is 7.21. The number of nitrogens with zero attached hydrogens (tertiary/aromatic N) is 2.